The number of nitrogens with zero attached hydrogens (tertiary/aromatic N) is 1. The molecule has 0 saturated carbocycles. The predicted octanol–water partition coefficient (Wildman–Crippen LogP) is 4.59. The van der Waals surface area contributed by atoms with Crippen molar-refractivity contribution in [3.8, 4) is 0 Å². The third-order valence-electron chi connectivity index (χ3n) is 4.83. The van der Waals surface area contributed by atoms with Crippen molar-refractivity contribution in [2.45, 2.75) is 19.8 Å². The van der Waals surface area contributed by atoms with E-state index in [-0.39, 0.29) is 24.3 Å². The average Bonchev–Trinajstić information content (AvgIpc) is 2.69. The van der Waals surface area contributed by atoms with Crippen molar-refractivity contribution < 1.29 is 9.59 Å². The van der Waals surface area contributed by atoms with Gasteiger partial charge in [-0.1, -0.05) is 47.5 Å². The maximum absolute atomic E-state index is 12.5. The van der Waals surface area contributed by atoms with E-state index in [1.54, 1.807) is 12.1 Å². The molecule has 1 atom stereocenters. The first-order valence-corrected chi connectivity index (χ1v) is 10.0. The summed E-state index contributed by atoms with van der Waals surface area (Å²) in [7, 11) is 0. The molecule has 0 aliphatic carbocycles. The zero-order valence-electron chi connectivity index (χ0n) is 15.7. The summed E-state index contributed by atoms with van der Waals surface area (Å²) in [5.41, 5.74) is 2.06. The number of carbonyl (C=O) groups is 2. The van der Waals surface area contributed by atoms with Crippen molar-refractivity contribution in [3.63, 3.8) is 0 Å². The van der Waals surface area contributed by atoms with Crippen LogP contribution in [0, 0.1) is 12.8 Å². The Morgan fingerprint density at radius 3 is 2.61 bits per heavy atom. The molecule has 148 valence electrons. The van der Waals surface area contributed by atoms with E-state index in [1.165, 1.54) is 0 Å². The molecule has 7 heteroatoms. The Morgan fingerprint density at radius 1 is 1.11 bits per heavy atom. The lowest BCUT2D eigenvalue weighted by Gasteiger charge is -2.31. The summed E-state index contributed by atoms with van der Waals surface area (Å²) in [6.07, 6.45) is 1.68. The van der Waals surface area contributed by atoms with E-state index in [1.807, 2.05) is 42.2 Å². The molecule has 1 heterocycles. The number of rotatable bonds is 5. The highest BCUT2D eigenvalue weighted by atomic mass is 35.5. The fourth-order valence-corrected chi connectivity index (χ4v) is 3.80. The van der Waals surface area contributed by atoms with E-state index in [2.05, 4.69) is 10.6 Å². The van der Waals surface area contributed by atoms with Gasteiger partial charge in [-0.15, -0.1) is 0 Å². The number of halogens is 2. The van der Waals surface area contributed by atoms with E-state index in [4.69, 9.17) is 23.2 Å². The van der Waals surface area contributed by atoms with E-state index in [0.717, 1.165) is 30.6 Å². The summed E-state index contributed by atoms with van der Waals surface area (Å²) in [6, 6.07) is 12.9. The number of benzene rings is 2. The number of hydrogen-bond donors (Lipinski definition) is 2. The third kappa shape index (κ3) is 5.25. The van der Waals surface area contributed by atoms with Gasteiger partial charge in [0.2, 0.25) is 11.8 Å². The number of amides is 2. The van der Waals surface area contributed by atoms with Crippen molar-refractivity contribution in [1.82, 2.24) is 4.90 Å². The van der Waals surface area contributed by atoms with Crippen LogP contribution in [0.5, 0.6) is 0 Å². The first-order chi connectivity index (χ1) is 13.4. The first-order valence-electron chi connectivity index (χ1n) is 9.26. The van der Waals surface area contributed by atoms with Crippen molar-refractivity contribution in [3.05, 3.63) is 58.1 Å². The second-order valence-corrected chi connectivity index (χ2v) is 7.82. The molecular formula is C21H23Cl2N3O2. The molecule has 0 aromatic heterocycles. The fraction of sp³-hybridized carbons (Fsp3) is 0.333. The summed E-state index contributed by atoms with van der Waals surface area (Å²) >= 11 is 12.4. The Hall–Kier alpha value is -2.08. The highest BCUT2D eigenvalue weighted by molar-refractivity contribution is 6.40. The molecule has 1 aliphatic heterocycles. The van der Waals surface area contributed by atoms with Crippen LogP contribution >= 0.6 is 23.2 Å². The SMILES string of the molecule is Cc1ccc(Cl)c(NC(=O)CN2CCC[C@H](C(=O)Nc3ccccc3)C2)c1Cl. The lowest BCUT2D eigenvalue weighted by atomic mass is 9.97. The molecule has 3 rings (SSSR count). The van der Waals surface area contributed by atoms with E-state index in [9.17, 15) is 9.59 Å². The van der Waals surface area contributed by atoms with Crippen molar-refractivity contribution >= 4 is 46.4 Å². The van der Waals surface area contributed by atoms with Gasteiger partial charge in [-0.05, 0) is 50.1 Å². The van der Waals surface area contributed by atoms with Crippen LogP contribution in [0.2, 0.25) is 10.0 Å². The molecule has 0 bridgehead atoms. The van der Waals surface area contributed by atoms with Crippen LogP contribution in [-0.4, -0.2) is 36.3 Å². The summed E-state index contributed by atoms with van der Waals surface area (Å²) in [4.78, 5) is 27.0. The zero-order valence-corrected chi connectivity index (χ0v) is 17.2. The van der Waals surface area contributed by atoms with Crippen molar-refractivity contribution in [2.75, 3.05) is 30.3 Å². The molecule has 0 unspecified atom stereocenters. The second kappa shape index (κ2) is 9.41. The summed E-state index contributed by atoms with van der Waals surface area (Å²) < 4.78 is 0. The largest absolute Gasteiger partial charge is 0.326 e. The van der Waals surface area contributed by atoms with Crippen LogP contribution in [0.1, 0.15) is 18.4 Å². The van der Waals surface area contributed by atoms with E-state index >= 15 is 0 Å². The van der Waals surface area contributed by atoms with Crippen LogP contribution < -0.4 is 10.6 Å². The van der Waals surface area contributed by atoms with Gasteiger partial charge in [-0.2, -0.15) is 0 Å². The molecule has 0 spiro atoms. The maximum atomic E-state index is 12.5. The Labute approximate surface area is 175 Å². The highest BCUT2D eigenvalue weighted by Crippen LogP contribution is 2.32. The number of piperidine rings is 1. The van der Waals surface area contributed by atoms with Crippen LogP contribution in [0.3, 0.4) is 0 Å². The van der Waals surface area contributed by atoms with Crippen LogP contribution in [0.25, 0.3) is 0 Å². The predicted molar refractivity (Wildman–Crippen MR) is 114 cm³/mol. The molecule has 1 aliphatic rings. The van der Waals surface area contributed by atoms with Gasteiger partial charge in [-0.3, -0.25) is 14.5 Å². The molecule has 2 aromatic rings. The number of aryl methyl sites for hydroxylation is 1. The Balaban J connectivity index is 1.57. The van der Waals surface area contributed by atoms with E-state index in [0.29, 0.717) is 22.3 Å². The van der Waals surface area contributed by atoms with Gasteiger partial charge in [0.1, 0.15) is 0 Å². The molecule has 1 saturated heterocycles. The van der Waals surface area contributed by atoms with Gasteiger partial charge >= 0.3 is 0 Å². The number of likely N-dealkylation sites (tertiary alicyclic amines) is 1. The van der Waals surface area contributed by atoms with Gasteiger partial charge in [-0.25, -0.2) is 0 Å². The van der Waals surface area contributed by atoms with Crippen LogP contribution in [0.15, 0.2) is 42.5 Å². The van der Waals surface area contributed by atoms with Gasteiger partial charge in [0.25, 0.3) is 0 Å². The Kier molecular flexibility index (Phi) is 6.94. The summed E-state index contributed by atoms with van der Waals surface area (Å²) in [5, 5.41) is 6.60. The monoisotopic (exact) mass is 419 g/mol. The minimum absolute atomic E-state index is 0.0129. The molecule has 2 amide bonds. The Morgan fingerprint density at radius 2 is 1.86 bits per heavy atom. The normalized spacial score (nSPS) is 17.2. The topological polar surface area (TPSA) is 61.4 Å². The lowest BCUT2D eigenvalue weighted by Crippen LogP contribution is -2.44. The average molecular weight is 420 g/mol. The molecule has 2 N–H and O–H groups in total. The fourth-order valence-electron chi connectivity index (χ4n) is 3.33. The molecule has 1 fully saturated rings. The molecule has 0 radical (unpaired) electrons. The molecule has 28 heavy (non-hydrogen) atoms. The molecular weight excluding hydrogens is 397 g/mol. The Bertz CT molecular complexity index is 858. The number of anilines is 2. The van der Waals surface area contributed by atoms with Gasteiger partial charge in [0, 0.05) is 12.2 Å². The zero-order chi connectivity index (χ0) is 20.1. The third-order valence-corrected chi connectivity index (χ3v) is 5.64. The quantitative estimate of drug-likeness (QED) is 0.744. The van der Waals surface area contributed by atoms with E-state index < -0.39 is 0 Å². The highest BCUT2D eigenvalue weighted by Gasteiger charge is 2.27. The van der Waals surface area contributed by atoms with Gasteiger partial charge < -0.3 is 10.6 Å². The molecule has 5 nitrogen and oxygen atoms in total. The number of carbonyl (C=O) groups excluding carboxylic acids is 2. The minimum Gasteiger partial charge on any atom is -0.326 e. The van der Waals surface area contributed by atoms with Crippen molar-refractivity contribution in [2.24, 2.45) is 5.92 Å². The summed E-state index contributed by atoms with van der Waals surface area (Å²) in [5.74, 6) is -0.354. The minimum atomic E-state index is -0.196. The number of hydrogen-bond acceptors (Lipinski definition) is 3. The standard InChI is InChI=1S/C21H23Cl2N3O2/c1-14-9-10-17(22)20(19(14)23)25-18(27)13-26-11-5-6-15(12-26)21(28)24-16-7-3-2-4-8-16/h2-4,7-10,15H,5-6,11-13H2,1H3,(H,24,28)(H,25,27)/t15-/m0/s1. The first kappa shape index (κ1) is 20.6. The van der Waals surface area contributed by atoms with Gasteiger partial charge in [0.05, 0.1) is 28.2 Å². The number of nitrogens with one attached hydrogen (secondary N) is 2. The molecule has 2 aromatic carbocycles. The number of para-hydroxylation sites is 1. The second-order valence-electron chi connectivity index (χ2n) is 7.03. The van der Waals surface area contributed by atoms with Gasteiger partial charge in [0.15, 0.2) is 0 Å². The lowest BCUT2D eigenvalue weighted by molar-refractivity contribution is -0.123. The maximum Gasteiger partial charge on any atom is 0.238 e. The summed E-state index contributed by atoms with van der Waals surface area (Å²) in [6.45, 7) is 3.36. The van der Waals surface area contributed by atoms with Crippen molar-refractivity contribution in [1.29, 1.82) is 0 Å². The van der Waals surface area contributed by atoms with Crippen LogP contribution in [0.4, 0.5) is 11.4 Å². The smallest absolute Gasteiger partial charge is 0.238 e. The van der Waals surface area contributed by atoms with Crippen LogP contribution in [-0.2, 0) is 9.59 Å².